The van der Waals surface area contributed by atoms with Crippen LogP contribution in [0.5, 0.6) is 0 Å². The Kier molecular flexibility index (Phi) is 5.03. The lowest BCUT2D eigenvalue weighted by Gasteiger charge is -2.02. The summed E-state index contributed by atoms with van der Waals surface area (Å²) in [5.41, 5.74) is 5.87. The molecule has 0 bridgehead atoms. The van der Waals surface area contributed by atoms with E-state index in [4.69, 9.17) is 5.73 Å². The van der Waals surface area contributed by atoms with Gasteiger partial charge in [-0.3, -0.25) is 4.79 Å². The van der Waals surface area contributed by atoms with Crippen LogP contribution in [0.2, 0.25) is 0 Å². The summed E-state index contributed by atoms with van der Waals surface area (Å²) in [4.78, 5) is 15.5. The van der Waals surface area contributed by atoms with E-state index < -0.39 is 0 Å². The Balaban J connectivity index is 2.71. The molecule has 0 atom stereocenters. The van der Waals surface area contributed by atoms with Gasteiger partial charge in [-0.15, -0.1) is 0 Å². The second kappa shape index (κ2) is 6.59. The third kappa shape index (κ3) is 4.11. The fraction of sp³-hybridized carbons (Fsp3) is 0.333. The van der Waals surface area contributed by atoms with E-state index in [1.807, 2.05) is 6.92 Å². The van der Waals surface area contributed by atoms with Crippen molar-refractivity contribution in [1.29, 1.82) is 0 Å². The van der Waals surface area contributed by atoms with Gasteiger partial charge in [-0.2, -0.15) is 0 Å². The van der Waals surface area contributed by atoms with Crippen LogP contribution >= 0.6 is 0 Å². The van der Waals surface area contributed by atoms with Crippen molar-refractivity contribution in [1.82, 2.24) is 4.98 Å². The molecule has 0 aliphatic carbocycles. The van der Waals surface area contributed by atoms with E-state index in [9.17, 15) is 4.79 Å². The van der Waals surface area contributed by atoms with Gasteiger partial charge in [0.05, 0.1) is 6.54 Å². The summed E-state index contributed by atoms with van der Waals surface area (Å²) in [6, 6.07) is 5.31. The van der Waals surface area contributed by atoms with Crippen molar-refractivity contribution in [2.24, 2.45) is 5.73 Å². The number of nitrogens with one attached hydrogen (secondary N) is 1. The van der Waals surface area contributed by atoms with E-state index in [0.29, 0.717) is 24.5 Å². The molecule has 4 nitrogen and oxygen atoms in total. The molecule has 3 N–H and O–H groups in total. The summed E-state index contributed by atoms with van der Waals surface area (Å²) in [7, 11) is 0. The number of amides is 1. The minimum atomic E-state index is -0.0288. The monoisotopic (exact) mass is 217 g/mol. The zero-order valence-corrected chi connectivity index (χ0v) is 9.29. The number of nitrogens with zero attached hydrogens (tertiary/aromatic N) is 1. The van der Waals surface area contributed by atoms with Crippen molar-refractivity contribution in [2.45, 2.75) is 19.8 Å². The smallest absolute Gasteiger partial charge is 0.225 e. The Morgan fingerprint density at radius 3 is 3.06 bits per heavy atom. The maximum atomic E-state index is 11.3. The van der Waals surface area contributed by atoms with Gasteiger partial charge in [-0.25, -0.2) is 4.98 Å². The van der Waals surface area contributed by atoms with E-state index in [0.717, 1.165) is 6.42 Å². The number of aromatic nitrogens is 1. The number of nitrogens with two attached hydrogens (primary N) is 1. The van der Waals surface area contributed by atoms with E-state index in [-0.39, 0.29) is 5.91 Å². The quantitative estimate of drug-likeness (QED) is 0.746. The minimum Gasteiger partial charge on any atom is -0.320 e. The number of hydrogen-bond acceptors (Lipinski definition) is 3. The molecule has 0 radical (unpaired) electrons. The Hall–Kier alpha value is -1.86. The topological polar surface area (TPSA) is 68.0 Å². The lowest BCUT2D eigenvalue weighted by molar-refractivity contribution is -0.116. The van der Waals surface area contributed by atoms with Crippen LogP contribution in [0.1, 0.15) is 25.5 Å². The molecule has 1 amide bonds. The molecule has 1 rings (SSSR count). The zero-order valence-electron chi connectivity index (χ0n) is 9.29. The molecule has 1 aromatic rings. The van der Waals surface area contributed by atoms with Crippen LogP contribution in [0.25, 0.3) is 0 Å². The molecule has 0 aromatic carbocycles. The molecule has 0 saturated heterocycles. The average molecular weight is 217 g/mol. The number of anilines is 1. The predicted molar refractivity (Wildman–Crippen MR) is 63.7 cm³/mol. The molecule has 0 aliphatic heterocycles. The van der Waals surface area contributed by atoms with Crippen molar-refractivity contribution in [2.75, 3.05) is 11.9 Å². The van der Waals surface area contributed by atoms with Crippen LogP contribution in [0.4, 0.5) is 5.82 Å². The molecule has 0 saturated carbocycles. The first-order valence-electron chi connectivity index (χ1n) is 5.22. The highest BCUT2D eigenvalue weighted by Gasteiger charge is 2.01. The Labute approximate surface area is 95.3 Å². The van der Waals surface area contributed by atoms with Gasteiger partial charge in [0.15, 0.2) is 0 Å². The average Bonchev–Trinajstić information content (AvgIpc) is 2.27. The first kappa shape index (κ1) is 12.2. The number of pyridine rings is 1. The van der Waals surface area contributed by atoms with E-state index >= 15 is 0 Å². The normalized spacial score (nSPS) is 9.12. The number of carbonyl (C=O) groups excluding carboxylic acids is 1. The maximum absolute atomic E-state index is 11.3. The van der Waals surface area contributed by atoms with Gasteiger partial charge in [0.25, 0.3) is 0 Å². The second-order valence-corrected chi connectivity index (χ2v) is 3.21. The van der Waals surface area contributed by atoms with Crippen LogP contribution in [0.3, 0.4) is 0 Å². The number of rotatable bonds is 3. The van der Waals surface area contributed by atoms with E-state index in [2.05, 4.69) is 22.1 Å². The van der Waals surface area contributed by atoms with Crippen LogP contribution in [-0.2, 0) is 4.79 Å². The number of carbonyl (C=O) groups is 1. The summed E-state index contributed by atoms with van der Waals surface area (Å²) >= 11 is 0. The summed E-state index contributed by atoms with van der Waals surface area (Å²) in [6.45, 7) is 2.25. The predicted octanol–water partition coefficient (Wildman–Crippen LogP) is 1.13. The highest BCUT2D eigenvalue weighted by Crippen LogP contribution is 2.04. The van der Waals surface area contributed by atoms with Crippen molar-refractivity contribution < 1.29 is 4.79 Å². The molecule has 0 fully saturated rings. The van der Waals surface area contributed by atoms with E-state index in [1.165, 1.54) is 0 Å². The van der Waals surface area contributed by atoms with Crippen LogP contribution in [0, 0.1) is 11.8 Å². The Morgan fingerprint density at radius 1 is 1.56 bits per heavy atom. The molecule has 4 heteroatoms. The lowest BCUT2D eigenvalue weighted by atomic mass is 10.3. The zero-order chi connectivity index (χ0) is 11.8. The lowest BCUT2D eigenvalue weighted by Crippen LogP contribution is -2.11. The fourth-order valence-electron chi connectivity index (χ4n) is 1.15. The molecule has 16 heavy (non-hydrogen) atoms. The summed E-state index contributed by atoms with van der Waals surface area (Å²) in [5.74, 6) is 6.03. The molecule has 0 unspecified atom stereocenters. The van der Waals surface area contributed by atoms with Crippen molar-refractivity contribution in [3.63, 3.8) is 0 Å². The maximum Gasteiger partial charge on any atom is 0.225 e. The molecular weight excluding hydrogens is 202 g/mol. The Morgan fingerprint density at radius 2 is 2.38 bits per heavy atom. The molecular formula is C12H15N3O. The third-order valence-electron chi connectivity index (χ3n) is 1.81. The van der Waals surface area contributed by atoms with Crippen LogP contribution in [0.15, 0.2) is 18.2 Å². The third-order valence-corrected chi connectivity index (χ3v) is 1.81. The van der Waals surface area contributed by atoms with Gasteiger partial charge in [-0.05, 0) is 24.5 Å². The van der Waals surface area contributed by atoms with Crippen molar-refractivity contribution in [3.05, 3.63) is 23.9 Å². The highest BCUT2D eigenvalue weighted by atomic mass is 16.1. The largest absolute Gasteiger partial charge is 0.320 e. The van der Waals surface area contributed by atoms with Gasteiger partial charge in [0, 0.05) is 6.42 Å². The molecule has 1 aromatic heterocycles. The van der Waals surface area contributed by atoms with Crippen molar-refractivity contribution in [3.8, 4) is 11.8 Å². The Bertz CT molecular complexity index is 418. The molecule has 0 spiro atoms. The van der Waals surface area contributed by atoms with Crippen molar-refractivity contribution >= 4 is 11.7 Å². The highest BCUT2D eigenvalue weighted by molar-refractivity contribution is 5.89. The standard InChI is InChI=1S/C12H15N3O/c1-2-5-12(16)15-11-8-3-6-10(14-11)7-4-9-13/h3,6,8H,2,5,9,13H2,1H3,(H,14,15,16). The molecule has 84 valence electrons. The molecule has 0 aliphatic rings. The minimum absolute atomic E-state index is 0.0288. The van der Waals surface area contributed by atoms with Gasteiger partial charge in [0.1, 0.15) is 11.5 Å². The van der Waals surface area contributed by atoms with Crippen LogP contribution < -0.4 is 11.1 Å². The van der Waals surface area contributed by atoms with Crippen LogP contribution in [-0.4, -0.2) is 17.4 Å². The van der Waals surface area contributed by atoms with Gasteiger partial charge in [0.2, 0.25) is 5.91 Å². The summed E-state index contributed by atoms with van der Waals surface area (Å²) < 4.78 is 0. The van der Waals surface area contributed by atoms with Gasteiger partial charge in [-0.1, -0.05) is 18.9 Å². The van der Waals surface area contributed by atoms with E-state index in [1.54, 1.807) is 18.2 Å². The second-order valence-electron chi connectivity index (χ2n) is 3.21. The first-order chi connectivity index (χ1) is 7.76. The van der Waals surface area contributed by atoms with Gasteiger partial charge < -0.3 is 11.1 Å². The van der Waals surface area contributed by atoms with Gasteiger partial charge >= 0.3 is 0 Å². The molecule has 1 heterocycles. The summed E-state index contributed by atoms with van der Waals surface area (Å²) in [6.07, 6.45) is 1.32. The summed E-state index contributed by atoms with van der Waals surface area (Å²) in [5, 5.41) is 2.71. The first-order valence-corrected chi connectivity index (χ1v) is 5.22. The fourth-order valence-corrected chi connectivity index (χ4v) is 1.15. The SMILES string of the molecule is CCCC(=O)Nc1cccc(C#CCN)n1. The number of hydrogen-bond donors (Lipinski definition) is 2.